The van der Waals surface area contributed by atoms with E-state index in [0.717, 1.165) is 6.04 Å². The van der Waals surface area contributed by atoms with Gasteiger partial charge in [0.15, 0.2) is 0 Å². The monoisotopic (exact) mass is 229 g/mol. The Balaban J connectivity index is 0. The van der Waals surface area contributed by atoms with Crippen LogP contribution in [-0.4, -0.2) is 24.6 Å². The zero-order valence-electron chi connectivity index (χ0n) is 11.6. The van der Waals surface area contributed by atoms with Crippen LogP contribution in [0.25, 0.3) is 0 Å². The van der Waals surface area contributed by atoms with Crippen LogP contribution >= 0.6 is 0 Å². The van der Waals surface area contributed by atoms with Crippen molar-refractivity contribution in [2.24, 2.45) is 0 Å². The van der Waals surface area contributed by atoms with Gasteiger partial charge in [-0.2, -0.15) is 0 Å². The van der Waals surface area contributed by atoms with Crippen molar-refractivity contribution < 1.29 is 10.4 Å². The molecule has 0 aromatic carbocycles. The second-order valence-corrected chi connectivity index (χ2v) is 4.39. The molecule has 1 atom stereocenters. The molecule has 0 aromatic heterocycles. The molecule has 0 spiro atoms. The van der Waals surface area contributed by atoms with E-state index in [1.54, 1.807) is 4.90 Å². The molecule has 0 heterocycles. The lowest BCUT2D eigenvalue weighted by atomic mass is 10.1. The van der Waals surface area contributed by atoms with Crippen molar-refractivity contribution in [1.82, 2.24) is 0 Å². The van der Waals surface area contributed by atoms with E-state index in [0.29, 0.717) is 0 Å². The first-order valence-electron chi connectivity index (χ1n) is 6.81. The summed E-state index contributed by atoms with van der Waals surface area (Å²) in [5, 5.41) is 0. The molecule has 0 saturated carbocycles. The highest BCUT2D eigenvalue weighted by Gasteiger charge is 2.16. The second kappa shape index (κ2) is 12.7. The van der Waals surface area contributed by atoms with Gasteiger partial charge in [0.05, 0.1) is 13.1 Å². The van der Waals surface area contributed by atoms with Crippen molar-refractivity contribution >= 4 is 0 Å². The number of rotatable bonds is 9. The minimum atomic E-state index is 0. The minimum Gasteiger partial charge on any atom is -0.870 e. The zero-order valence-corrected chi connectivity index (χ0v) is 11.6. The van der Waals surface area contributed by atoms with Crippen molar-refractivity contribution in [3.63, 3.8) is 0 Å². The largest absolute Gasteiger partial charge is 0.870 e. The Morgan fingerprint density at radius 3 is 1.88 bits per heavy atom. The van der Waals surface area contributed by atoms with Crippen LogP contribution in [0.5, 0.6) is 0 Å². The van der Waals surface area contributed by atoms with Gasteiger partial charge in [-0.15, -0.1) is 0 Å². The molecular formula is C14H31NO. The average Bonchev–Trinajstić information content (AvgIpc) is 2.24. The van der Waals surface area contributed by atoms with E-state index in [2.05, 4.69) is 39.8 Å². The molecule has 0 aromatic rings. The number of quaternary nitrogens is 1. The van der Waals surface area contributed by atoms with Crippen molar-refractivity contribution in [3.05, 3.63) is 12.2 Å². The van der Waals surface area contributed by atoms with Crippen LogP contribution in [0.2, 0.25) is 0 Å². The summed E-state index contributed by atoms with van der Waals surface area (Å²) in [5.74, 6) is 0. The maximum absolute atomic E-state index is 2.45. The predicted molar refractivity (Wildman–Crippen MR) is 71.3 cm³/mol. The fourth-order valence-corrected chi connectivity index (χ4v) is 2.19. The number of allylic oxidation sites excluding steroid dienone is 1. The Hall–Kier alpha value is -0.340. The summed E-state index contributed by atoms with van der Waals surface area (Å²) in [6.07, 6.45) is 11.2. The van der Waals surface area contributed by atoms with E-state index >= 15 is 0 Å². The third kappa shape index (κ3) is 7.89. The number of hydrogen-bond donors (Lipinski definition) is 1. The maximum atomic E-state index is 2.45. The van der Waals surface area contributed by atoms with E-state index in [1.807, 2.05) is 0 Å². The van der Waals surface area contributed by atoms with Gasteiger partial charge in [0.1, 0.15) is 6.04 Å². The van der Waals surface area contributed by atoms with Crippen molar-refractivity contribution in [1.29, 1.82) is 0 Å². The molecule has 16 heavy (non-hydrogen) atoms. The van der Waals surface area contributed by atoms with Gasteiger partial charge in [0, 0.05) is 6.42 Å². The smallest absolute Gasteiger partial charge is 0.106 e. The molecule has 1 unspecified atom stereocenters. The summed E-state index contributed by atoms with van der Waals surface area (Å²) in [6, 6.07) is 0.759. The van der Waals surface area contributed by atoms with Gasteiger partial charge in [-0.1, -0.05) is 40.2 Å². The Bertz CT molecular complexity index is 151. The van der Waals surface area contributed by atoms with Gasteiger partial charge < -0.3 is 10.4 Å². The van der Waals surface area contributed by atoms with Gasteiger partial charge in [0.25, 0.3) is 0 Å². The van der Waals surface area contributed by atoms with Crippen LogP contribution < -0.4 is 4.90 Å². The molecule has 0 radical (unpaired) electrons. The molecule has 2 N–H and O–H groups in total. The van der Waals surface area contributed by atoms with Crippen LogP contribution in [0, 0.1) is 0 Å². The molecular weight excluding hydrogens is 198 g/mol. The summed E-state index contributed by atoms with van der Waals surface area (Å²) in [4.78, 5) is 1.78. The highest BCUT2D eigenvalue weighted by Crippen LogP contribution is 1.96. The van der Waals surface area contributed by atoms with Gasteiger partial charge >= 0.3 is 0 Å². The first-order valence-corrected chi connectivity index (χ1v) is 6.81. The molecule has 0 aliphatic heterocycles. The second-order valence-electron chi connectivity index (χ2n) is 4.39. The standard InChI is InChI=1S/C14H29N.H2O/c1-5-9-11-14(10-6-2)15(12-7-3)13-8-4;/h9,11,14H,5-8,10,12-13H2,1-4H3;1H2. The Labute approximate surface area is 102 Å². The normalized spacial score (nSPS) is 13.1. The summed E-state index contributed by atoms with van der Waals surface area (Å²) in [6.45, 7) is 11.8. The highest BCUT2D eigenvalue weighted by atomic mass is 16.0. The fraction of sp³-hybridized carbons (Fsp3) is 0.857. The van der Waals surface area contributed by atoms with Crippen molar-refractivity contribution in [2.45, 2.75) is 65.8 Å². The van der Waals surface area contributed by atoms with E-state index < -0.39 is 0 Å². The van der Waals surface area contributed by atoms with Gasteiger partial charge in [0.2, 0.25) is 0 Å². The van der Waals surface area contributed by atoms with E-state index in [-0.39, 0.29) is 5.48 Å². The van der Waals surface area contributed by atoms with Crippen LogP contribution in [0.15, 0.2) is 12.2 Å². The molecule has 0 saturated heterocycles. The van der Waals surface area contributed by atoms with Crippen LogP contribution in [-0.2, 0) is 0 Å². The van der Waals surface area contributed by atoms with Crippen LogP contribution in [0.3, 0.4) is 0 Å². The highest BCUT2D eigenvalue weighted by molar-refractivity contribution is 4.87. The lowest BCUT2D eigenvalue weighted by Crippen LogP contribution is -3.15. The third-order valence-electron chi connectivity index (χ3n) is 2.87. The third-order valence-corrected chi connectivity index (χ3v) is 2.87. The van der Waals surface area contributed by atoms with Crippen molar-refractivity contribution in [2.75, 3.05) is 13.1 Å². The summed E-state index contributed by atoms with van der Waals surface area (Å²) >= 11 is 0. The van der Waals surface area contributed by atoms with E-state index in [4.69, 9.17) is 0 Å². The Morgan fingerprint density at radius 2 is 1.50 bits per heavy atom. The maximum Gasteiger partial charge on any atom is 0.106 e. The quantitative estimate of drug-likeness (QED) is 0.606. The summed E-state index contributed by atoms with van der Waals surface area (Å²) in [5.41, 5.74) is 0. The molecule has 0 rings (SSSR count). The molecule has 0 bridgehead atoms. The molecule has 0 aliphatic rings. The van der Waals surface area contributed by atoms with Crippen LogP contribution in [0.1, 0.15) is 59.8 Å². The molecule has 0 fully saturated rings. The predicted octanol–water partition coefficient (Wildman–Crippen LogP) is 2.65. The Kier molecular flexibility index (Phi) is 14.3. The van der Waals surface area contributed by atoms with Crippen molar-refractivity contribution in [3.8, 4) is 0 Å². The van der Waals surface area contributed by atoms with Crippen LogP contribution in [0.4, 0.5) is 0 Å². The lowest BCUT2D eigenvalue weighted by Gasteiger charge is -2.26. The number of nitrogens with one attached hydrogen (secondary N) is 1. The van der Waals surface area contributed by atoms with E-state index in [9.17, 15) is 0 Å². The Morgan fingerprint density at radius 1 is 0.938 bits per heavy atom. The van der Waals surface area contributed by atoms with E-state index in [1.165, 1.54) is 45.2 Å². The SMILES string of the molecule is CCC=CC(CCC)[NH+](CCC)CCC.[OH-]. The molecule has 2 heteroatoms. The average molecular weight is 229 g/mol. The van der Waals surface area contributed by atoms with Gasteiger partial charge in [-0.3, -0.25) is 0 Å². The molecule has 2 nitrogen and oxygen atoms in total. The minimum absolute atomic E-state index is 0. The molecule has 98 valence electrons. The topological polar surface area (TPSA) is 34.4 Å². The first-order chi connectivity index (χ1) is 7.29. The number of hydrogen-bond acceptors (Lipinski definition) is 1. The van der Waals surface area contributed by atoms with Gasteiger partial charge in [-0.25, -0.2) is 0 Å². The fourth-order valence-electron chi connectivity index (χ4n) is 2.19. The molecule has 0 aliphatic carbocycles. The summed E-state index contributed by atoms with van der Waals surface area (Å²) in [7, 11) is 0. The zero-order chi connectivity index (χ0) is 11.5. The van der Waals surface area contributed by atoms with Gasteiger partial charge in [-0.05, 0) is 25.3 Å². The first kappa shape index (κ1) is 18.0. The summed E-state index contributed by atoms with van der Waals surface area (Å²) < 4.78 is 0. The molecule has 0 amide bonds. The lowest BCUT2D eigenvalue weighted by molar-refractivity contribution is -0.919.